The maximum Gasteiger partial charge on any atom is 0.329 e. The van der Waals surface area contributed by atoms with Gasteiger partial charge >= 0.3 is 5.69 Å². The lowest BCUT2D eigenvalue weighted by atomic mass is 10.1. The summed E-state index contributed by atoms with van der Waals surface area (Å²) in [6, 6.07) is 5.13. The number of nitrogens with one attached hydrogen (secondary N) is 1. The van der Waals surface area contributed by atoms with Gasteiger partial charge in [-0.05, 0) is 30.9 Å². The first-order valence-corrected chi connectivity index (χ1v) is 8.02. The summed E-state index contributed by atoms with van der Waals surface area (Å²) in [5.74, 6) is 0.211. The predicted molar refractivity (Wildman–Crippen MR) is 84.8 cm³/mol. The Labute approximate surface area is 130 Å². The van der Waals surface area contributed by atoms with Crippen LogP contribution < -0.4 is 11.2 Å². The monoisotopic (exact) mass is 328 g/mol. The molecule has 1 heterocycles. The number of hydrogen-bond acceptors (Lipinski definition) is 3. The zero-order valence-corrected chi connectivity index (χ0v) is 13.1. The molecule has 0 bridgehead atoms. The number of halogens is 2. The van der Waals surface area contributed by atoms with Gasteiger partial charge in [0.25, 0.3) is 5.56 Å². The molecule has 0 amide bonds. The maximum absolute atomic E-state index is 13.0. The van der Waals surface area contributed by atoms with Crippen LogP contribution in [-0.2, 0) is 0 Å². The van der Waals surface area contributed by atoms with Gasteiger partial charge in [0.05, 0.1) is 5.56 Å². The molecule has 1 unspecified atom stereocenters. The van der Waals surface area contributed by atoms with Crippen LogP contribution in [0.4, 0.5) is 4.39 Å². The predicted octanol–water partition coefficient (Wildman–Crippen LogP) is 2.92. The number of aromatic nitrogens is 2. The molecule has 0 spiro atoms. The Balaban J connectivity index is 2.67. The van der Waals surface area contributed by atoms with Gasteiger partial charge in [-0.2, -0.15) is 11.8 Å². The fourth-order valence-electron chi connectivity index (χ4n) is 2.11. The molecule has 1 aromatic carbocycles. The number of H-pyrrole nitrogens is 1. The fraction of sp³-hybridized carbons (Fsp3) is 0.286. The van der Waals surface area contributed by atoms with Crippen molar-refractivity contribution in [1.82, 2.24) is 9.55 Å². The average molecular weight is 329 g/mol. The number of benzene rings is 1. The van der Waals surface area contributed by atoms with E-state index in [1.54, 1.807) is 6.92 Å². The van der Waals surface area contributed by atoms with E-state index in [4.69, 9.17) is 11.6 Å². The van der Waals surface area contributed by atoms with Crippen LogP contribution in [0.1, 0.15) is 13.0 Å². The van der Waals surface area contributed by atoms with E-state index in [-0.39, 0.29) is 16.8 Å². The second-order valence-corrected chi connectivity index (χ2v) is 5.89. The third kappa shape index (κ3) is 3.22. The molecule has 0 radical (unpaired) electrons. The van der Waals surface area contributed by atoms with E-state index in [1.165, 1.54) is 36.0 Å². The van der Waals surface area contributed by atoms with Crippen LogP contribution in [0.3, 0.4) is 0 Å². The first-order chi connectivity index (χ1) is 9.95. The van der Waals surface area contributed by atoms with Gasteiger partial charge in [0.15, 0.2) is 0 Å². The Bertz CT molecular complexity index is 755. The smallest absolute Gasteiger partial charge is 0.297 e. The van der Waals surface area contributed by atoms with Crippen LogP contribution in [0.5, 0.6) is 0 Å². The second kappa shape index (κ2) is 6.49. The van der Waals surface area contributed by atoms with Gasteiger partial charge in [-0.3, -0.25) is 14.3 Å². The third-order valence-corrected chi connectivity index (χ3v) is 4.17. The van der Waals surface area contributed by atoms with Crippen molar-refractivity contribution >= 4 is 23.4 Å². The zero-order chi connectivity index (χ0) is 15.6. The van der Waals surface area contributed by atoms with E-state index in [0.29, 0.717) is 11.3 Å². The second-order valence-electron chi connectivity index (χ2n) is 4.61. The molecule has 7 heteroatoms. The molecule has 0 aliphatic heterocycles. The van der Waals surface area contributed by atoms with Crippen LogP contribution in [0, 0.1) is 5.82 Å². The molecular weight excluding hydrogens is 315 g/mol. The molecule has 112 valence electrons. The number of hydrogen-bond donors (Lipinski definition) is 1. The lowest BCUT2D eigenvalue weighted by Gasteiger charge is -2.14. The van der Waals surface area contributed by atoms with Crippen molar-refractivity contribution < 1.29 is 4.39 Å². The van der Waals surface area contributed by atoms with E-state index in [9.17, 15) is 14.0 Å². The van der Waals surface area contributed by atoms with E-state index >= 15 is 0 Å². The van der Waals surface area contributed by atoms with Gasteiger partial charge in [0, 0.05) is 11.8 Å². The average Bonchev–Trinajstić information content (AvgIpc) is 2.40. The normalized spacial score (nSPS) is 12.4. The molecule has 2 aromatic rings. The molecule has 0 fully saturated rings. The number of aromatic amines is 1. The number of rotatable bonds is 4. The Morgan fingerprint density at radius 3 is 2.52 bits per heavy atom. The molecule has 21 heavy (non-hydrogen) atoms. The van der Waals surface area contributed by atoms with Gasteiger partial charge in [0.1, 0.15) is 11.0 Å². The largest absolute Gasteiger partial charge is 0.329 e. The van der Waals surface area contributed by atoms with Crippen molar-refractivity contribution in [1.29, 1.82) is 0 Å². The molecule has 2 rings (SSSR count). The lowest BCUT2D eigenvalue weighted by molar-refractivity contribution is 0.555. The fourth-order valence-corrected chi connectivity index (χ4v) is 3.01. The summed E-state index contributed by atoms with van der Waals surface area (Å²) in [4.78, 5) is 27.0. The van der Waals surface area contributed by atoms with E-state index in [0.717, 1.165) is 4.57 Å². The molecule has 4 nitrogen and oxygen atoms in total. The summed E-state index contributed by atoms with van der Waals surface area (Å²) in [5.41, 5.74) is -0.383. The first kappa shape index (κ1) is 15.9. The summed E-state index contributed by atoms with van der Waals surface area (Å²) in [7, 11) is 0. The van der Waals surface area contributed by atoms with Crippen LogP contribution in [-0.4, -0.2) is 21.6 Å². The van der Waals surface area contributed by atoms with E-state index in [1.807, 2.05) is 6.26 Å². The SMILES string of the molecule is CSCC(C)n1c(=O)[nH]c(Cl)c(-c2ccc(F)cc2)c1=O. The van der Waals surface area contributed by atoms with Gasteiger partial charge < -0.3 is 0 Å². The highest BCUT2D eigenvalue weighted by Gasteiger charge is 2.18. The lowest BCUT2D eigenvalue weighted by Crippen LogP contribution is -2.39. The van der Waals surface area contributed by atoms with Crippen LogP contribution >= 0.6 is 23.4 Å². The molecule has 1 N–H and O–H groups in total. The van der Waals surface area contributed by atoms with Crippen LogP contribution in [0.15, 0.2) is 33.9 Å². The van der Waals surface area contributed by atoms with Crippen molar-refractivity contribution in [2.24, 2.45) is 0 Å². The molecular formula is C14H14ClFN2O2S. The summed E-state index contributed by atoms with van der Waals surface area (Å²) < 4.78 is 14.1. The van der Waals surface area contributed by atoms with Gasteiger partial charge in [-0.1, -0.05) is 23.7 Å². The minimum absolute atomic E-state index is 0.0378. The quantitative estimate of drug-likeness (QED) is 0.878. The molecule has 1 atom stereocenters. The van der Waals surface area contributed by atoms with Crippen molar-refractivity contribution in [3.05, 3.63) is 56.1 Å². The molecule has 0 aliphatic carbocycles. The highest BCUT2D eigenvalue weighted by molar-refractivity contribution is 7.98. The first-order valence-electron chi connectivity index (χ1n) is 6.25. The van der Waals surface area contributed by atoms with Gasteiger partial charge in [0.2, 0.25) is 0 Å². The van der Waals surface area contributed by atoms with Crippen molar-refractivity contribution in [3.63, 3.8) is 0 Å². The van der Waals surface area contributed by atoms with Gasteiger partial charge in [-0.15, -0.1) is 0 Å². The molecule has 0 aliphatic rings. The standard InChI is InChI=1S/C14H14ClFN2O2S/c1-8(7-21-2)18-13(19)11(12(15)17-14(18)20)9-3-5-10(16)6-4-9/h3-6,8H,7H2,1-2H3,(H,17,20). The summed E-state index contributed by atoms with van der Waals surface area (Å²) in [6.07, 6.45) is 1.90. The van der Waals surface area contributed by atoms with Gasteiger partial charge in [-0.25, -0.2) is 9.18 Å². The van der Waals surface area contributed by atoms with Crippen LogP contribution in [0.2, 0.25) is 5.15 Å². The van der Waals surface area contributed by atoms with Crippen molar-refractivity contribution in [2.45, 2.75) is 13.0 Å². The maximum atomic E-state index is 13.0. The summed E-state index contributed by atoms with van der Waals surface area (Å²) in [6.45, 7) is 1.79. The Kier molecular flexibility index (Phi) is 4.90. The van der Waals surface area contributed by atoms with Crippen molar-refractivity contribution in [2.75, 3.05) is 12.0 Å². The summed E-state index contributed by atoms with van der Waals surface area (Å²) >= 11 is 7.53. The van der Waals surface area contributed by atoms with E-state index in [2.05, 4.69) is 4.98 Å². The third-order valence-electron chi connectivity index (χ3n) is 3.07. The van der Waals surface area contributed by atoms with Crippen molar-refractivity contribution in [3.8, 4) is 11.1 Å². The van der Waals surface area contributed by atoms with Crippen LogP contribution in [0.25, 0.3) is 11.1 Å². The highest BCUT2D eigenvalue weighted by atomic mass is 35.5. The molecule has 0 saturated heterocycles. The Morgan fingerprint density at radius 1 is 1.33 bits per heavy atom. The zero-order valence-electron chi connectivity index (χ0n) is 11.5. The van der Waals surface area contributed by atoms with E-state index < -0.39 is 17.1 Å². The highest BCUT2D eigenvalue weighted by Crippen LogP contribution is 2.22. The topological polar surface area (TPSA) is 54.9 Å². The Morgan fingerprint density at radius 2 is 1.95 bits per heavy atom. The number of thioether (sulfide) groups is 1. The number of nitrogens with zero attached hydrogens (tertiary/aromatic N) is 1. The Hall–Kier alpha value is -1.53. The molecule has 0 saturated carbocycles. The minimum Gasteiger partial charge on any atom is -0.297 e. The molecule has 1 aromatic heterocycles. The summed E-state index contributed by atoms with van der Waals surface area (Å²) in [5, 5.41) is -0.0378. The minimum atomic E-state index is -0.544.